The van der Waals surface area contributed by atoms with Crippen LogP contribution in [0.15, 0.2) is 33.7 Å². The monoisotopic (exact) mass is 370 g/mol. The van der Waals surface area contributed by atoms with Crippen molar-refractivity contribution in [1.82, 2.24) is 16.0 Å². The molecular formula is C21H30N4O2. The van der Waals surface area contributed by atoms with Gasteiger partial charge in [-0.05, 0) is 31.7 Å². The Balaban J connectivity index is 1.39. The molecule has 146 valence electrons. The molecule has 0 spiro atoms. The number of hydrogen-bond donors (Lipinski definition) is 3. The first-order chi connectivity index (χ1) is 13.2. The lowest BCUT2D eigenvalue weighted by atomic mass is 10.0. The van der Waals surface area contributed by atoms with Gasteiger partial charge in [-0.25, -0.2) is 0 Å². The molecule has 27 heavy (non-hydrogen) atoms. The van der Waals surface area contributed by atoms with Gasteiger partial charge in [0.2, 0.25) is 5.91 Å². The SMILES string of the molecule is CN=C(NCCNC(=O)CC1CCCC1)NCc1oc2ccccc2c1C. The number of rotatable bonds is 7. The molecule has 0 saturated heterocycles. The Hall–Kier alpha value is -2.50. The Bertz CT molecular complexity index is 791. The summed E-state index contributed by atoms with van der Waals surface area (Å²) in [6.07, 6.45) is 5.60. The highest BCUT2D eigenvalue weighted by Crippen LogP contribution is 2.27. The Morgan fingerprint density at radius 2 is 1.89 bits per heavy atom. The average molecular weight is 370 g/mol. The summed E-state index contributed by atoms with van der Waals surface area (Å²) in [6.45, 7) is 3.86. The molecule has 1 aliphatic rings. The van der Waals surface area contributed by atoms with Crippen LogP contribution in [0.5, 0.6) is 0 Å². The van der Waals surface area contributed by atoms with Crippen molar-refractivity contribution < 1.29 is 9.21 Å². The zero-order chi connectivity index (χ0) is 19.1. The fourth-order valence-electron chi connectivity index (χ4n) is 3.71. The molecule has 1 saturated carbocycles. The van der Waals surface area contributed by atoms with E-state index in [1.165, 1.54) is 25.7 Å². The van der Waals surface area contributed by atoms with E-state index >= 15 is 0 Å². The highest BCUT2D eigenvalue weighted by atomic mass is 16.3. The van der Waals surface area contributed by atoms with Crippen LogP contribution >= 0.6 is 0 Å². The predicted molar refractivity (Wildman–Crippen MR) is 109 cm³/mol. The molecular weight excluding hydrogens is 340 g/mol. The van der Waals surface area contributed by atoms with Crippen LogP contribution in [0.2, 0.25) is 0 Å². The van der Waals surface area contributed by atoms with E-state index in [-0.39, 0.29) is 5.91 Å². The summed E-state index contributed by atoms with van der Waals surface area (Å²) < 4.78 is 5.91. The van der Waals surface area contributed by atoms with Gasteiger partial charge in [0.1, 0.15) is 11.3 Å². The number of nitrogens with one attached hydrogen (secondary N) is 3. The molecule has 1 aliphatic carbocycles. The van der Waals surface area contributed by atoms with Crippen molar-refractivity contribution in [2.75, 3.05) is 20.1 Å². The van der Waals surface area contributed by atoms with Crippen LogP contribution in [0, 0.1) is 12.8 Å². The van der Waals surface area contributed by atoms with Crippen molar-refractivity contribution in [3.8, 4) is 0 Å². The Kier molecular flexibility index (Phi) is 6.74. The average Bonchev–Trinajstić information content (AvgIpc) is 3.29. The second-order valence-electron chi connectivity index (χ2n) is 7.20. The molecule has 3 rings (SSSR count). The maximum atomic E-state index is 11.9. The summed E-state index contributed by atoms with van der Waals surface area (Å²) >= 11 is 0. The van der Waals surface area contributed by atoms with Gasteiger partial charge in [-0.1, -0.05) is 31.0 Å². The molecule has 6 heteroatoms. The minimum absolute atomic E-state index is 0.157. The molecule has 1 aromatic carbocycles. The third kappa shape index (κ3) is 5.25. The van der Waals surface area contributed by atoms with E-state index in [1.54, 1.807) is 7.05 Å². The summed E-state index contributed by atoms with van der Waals surface area (Å²) in [7, 11) is 1.74. The number of furan rings is 1. The summed E-state index contributed by atoms with van der Waals surface area (Å²) in [6, 6.07) is 8.04. The van der Waals surface area contributed by atoms with E-state index in [4.69, 9.17) is 4.42 Å². The van der Waals surface area contributed by atoms with Crippen molar-refractivity contribution >= 4 is 22.8 Å². The number of fused-ring (bicyclic) bond motifs is 1. The third-order valence-electron chi connectivity index (χ3n) is 5.27. The lowest BCUT2D eigenvalue weighted by molar-refractivity contribution is -0.121. The van der Waals surface area contributed by atoms with Crippen molar-refractivity contribution in [1.29, 1.82) is 0 Å². The fourth-order valence-corrected chi connectivity index (χ4v) is 3.71. The standard InChI is InChI=1S/C21H30N4O2/c1-15-17-9-5-6-10-18(17)27-19(15)14-25-21(22-2)24-12-11-23-20(26)13-16-7-3-4-8-16/h5-6,9-10,16H,3-4,7-8,11-14H2,1-2H3,(H,23,26)(H2,22,24,25). The Morgan fingerprint density at radius 3 is 2.63 bits per heavy atom. The minimum atomic E-state index is 0.157. The molecule has 0 aliphatic heterocycles. The van der Waals surface area contributed by atoms with Crippen LogP contribution in [0.25, 0.3) is 11.0 Å². The number of aryl methyl sites for hydroxylation is 1. The molecule has 3 N–H and O–H groups in total. The van der Waals surface area contributed by atoms with Crippen molar-refractivity contribution in [3.05, 3.63) is 35.6 Å². The lowest BCUT2D eigenvalue weighted by Crippen LogP contribution is -2.41. The van der Waals surface area contributed by atoms with E-state index in [2.05, 4.69) is 33.9 Å². The van der Waals surface area contributed by atoms with Crippen LogP contribution in [0.1, 0.15) is 43.4 Å². The fraction of sp³-hybridized carbons (Fsp3) is 0.524. The largest absolute Gasteiger partial charge is 0.459 e. The van der Waals surface area contributed by atoms with Gasteiger partial charge in [-0.3, -0.25) is 9.79 Å². The van der Waals surface area contributed by atoms with Crippen LogP contribution < -0.4 is 16.0 Å². The first-order valence-electron chi connectivity index (χ1n) is 9.85. The quantitative estimate of drug-likeness (QED) is 0.398. The Morgan fingerprint density at radius 1 is 1.15 bits per heavy atom. The number of benzene rings is 1. The number of para-hydroxylation sites is 1. The molecule has 1 aromatic heterocycles. The number of guanidine groups is 1. The minimum Gasteiger partial charge on any atom is -0.459 e. The van der Waals surface area contributed by atoms with Gasteiger partial charge in [0.05, 0.1) is 6.54 Å². The molecule has 1 amide bonds. The van der Waals surface area contributed by atoms with Crippen molar-refractivity contribution in [2.24, 2.45) is 10.9 Å². The highest BCUT2D eigenvalue weighted by molar-refractivity contribution is 5.83. The maximum absolute atomic E-state index is 11.9. The van der Waals surface area contributed by atoms with Gasteiger partial charge in [0.25, 0.3) is 0 Å². The highest BCUT2D eigenvalue weighted by Gasteiger charge is 2.18. The number of carbonyl (C=O) groups excluding carboxylic acids is 1. The van der Waals surface area contributed by atoms with Crippen LogP contribution in [-0.4, -0.2) is 32.0 Å². The van der Waals surface area contributed by atoms with E-state index in [0.717, 1.165) is 22.3 Å². The molecule has 0 radical (unpaired) electrons. The number of aliphatic imine (C=N–C) groups is 1. The van der Waals surface area contributed by atoms with Gasteiger partial charge in [-0.15, -0.1) is 0 Å². The van der Waals surface area contributed by atoms with Gasteiger partial charge in [0.15, 0.2) is 5.96 Å². The number of hydrogen-bond acceptors (Lipinski definition) is 3. The topological polar surface area (TPSA) is 78.7 Å². The van der Waals surface area contributed by atoms with E-state index in [1.807, 2.05) is 18.2 Å². The first-order valence-corrected chi connectivity index (χ1v) is 9.85. The van der Waals surface area contributed by atoms with E-state index in [9.17, 15) is 4.79 Å². The molecule has 1 fully saturated rings. The summed E-state index contributed by atoms with van der Waals surface area (Å²) in [5.41, 5.74) is 2.05. The van der Waals surface area contributed by atoms with Gasteiger partial charge < -0.3 is 20.4 Å². The second kappa shape index (κ2) is 9.44. The number of amides is 1. The third-order valence-corrected chi connectivity index (χ3v) is 5.27. The normalized spacial score (nSPS) is 15.3. The molecule has 0 atom stereocenters. The van der Waals surface area contributed by atoms with Crippen molar-refractivity contribution in [3.63, 3.8) is 0 Å². The van der Waals surface area contributed by atoms with Crippen LogP contribution in [0.3, 0.4) is 0 Å². The molecule has 2 aromatic rings. The van der Waals surface area contributed by atoms with Crippen molar-refractivity contribution in [2.45, 2.75) is 45.6 Å². The maximum Gasteiger partial charge on any atom is 0.220 e. The van der Waals surface area contributed by atoms with Gasteiger partial charge >= 0.3 is 0 Å². The lowest BCUT2D eigenvalue weighted by Gasteiger charge is -2.13. The zero-order valence-electron chi connectivity index (χ0n) is 16.3. The zero-order valence-corrected chi connectivity index (χ0v) is 16.3. The van der Waals surface area contributed by atoms with Gasteiger partial charge in [-0.2, -0.15) is 0 Å². The summed E-state index contributed by atoms with van der Waals surface area (Å²) in [5, 5.41) is 10.6. The molecule has 1 heterocycles. The summed E-state index contributed by atoms with van der Waals surface area (Å²) in [5.74, 6) is 2.34. The molecule has 6 nitrogen and oxygen atoms in total. The van der Waals surface area contributed by atoms with E-state index < -0.39 is 0 Å². The molecule has 0 bridgehead atoms. The second-order valence-corrected chi connectivity index (χ2v) is 7.20. The predicted octanol–water partition coefficient (Wildman–Crippen LogP) is 3.10. The van der Waals surface area contributed by atoms with Gasteiger partial charge in [0, 0.05) is 37.5 Å². The first kappa shape index (κ1) is 19.3. The van der Waals surface area contributed by atoms with Crippen LogP contribution in [0.4, 0.5) is 0 Å². The number of carbonyl (C=O) groups is 1. The summed E-state index contributed by atoms with van der Waals surface area (Å²) in [4.78, 5) is 16.2. The smallest absolute Gasteiger partial charge is 0.220 e. The molecule has 0 unspecified atom stereocenters. The number of nitrogens with zero attached hydrogens (tertiary/aromatic N) is 1. The van der Waals surface area contributed by atoms with Crippen LogP contribution in [-0.2, 0) is 11.3 Å². The Labute approximate surface area is 160 Å². The van der Waals surface area contributed by atoms with E-state index in [0.29, 0.717) is 37.9 Å².